The molecule has 3 heteroatoms. The average molecular weight is 223 g/mol. The molecule has 1 unspecified atom stereocenters. The van der Waals surface area contributed by atoms with Gasteiger partial charge in [-0.2, -0.15) is 0 Å². The third-order valence-electron chi connectivity index (χ3n) is 2.41. The summed E-state index contributed by atoms with van der Waals surface area (Å²) in [5.74, 6) is 0. The minimum atomic E-state index is 0.190. The van der Waals surface area contributed by atoms with E-state index in [1.807, 2.05) is 18.2 Å². The van der Waals surface area contributed by atoms with Crippen LogP contribution in [0.1, 0.15) is 18.9 Å². The quantitative estimate of drug-likeness (QED) is 0.657. The van der Waals surface area contributed by atoms with Crippen LogP contribution in [0.5, 0.6) is 0 Å². The Kier molecular flexibility index (Phi) is 6.81. The Labute approximate surface area is 97.4 Å². The molecule has 0 saturated carbocycles. The van der Waals surface area contributed by atoms with Gasteiger partial charge < -0.3 is 15.2 Å². The van der Waals surface area contributed by atoms with Crippen LogP contribution in [0.3, 0.4) is 0 Å². The predicted molar refractivity (Wildman–Crippen MR) is 65.3 cm³/mol. The molecule has 1 aromatic carbocycles. The standard InChI is InChI=1S/C13H21NO2/c1-12(14-8-9-15)7-10-16-11-13-5-3-2-4-6-13/h2-6,12,14-15H,7-11H2,1H3. The van der Waals surface area contributed by atoms with E-state index in [0.717, 1.165) is 13.0 Å². The molecule has 3 nitrogen and oxygen atoms in total. The van der Waals surface area contributed by atoms with Crippen molar-refractivity contribution in [2.45, 2.75) is 26.0 Å². The van der Waals surface area contributed by atoms with Crippen molar-refractivity contribution in [2.24, 2.45) is 0 Å². The summed E-state index contributed by atoms with van der Waals surface area (Å²) in [6, 6.07) is 10.6. The second-order valence-corrected chi connectivity index (χ2v) is 3.91. The zero-order chi connectivity index (χ0) is 11.6. The Bertz CT molecular complexity index is 264. The molecule has 1 aromatic rings. The van der Waals surface area contributed by atoms with Crippen molar-refractivity contribution in [2.75, 3.05) is 19.8 Å². The zero-order valence-corrected chi connectivity index (χ0v) is 9.86. The lowest BCUT2D eigenvalue weighted by atomic mass is 10.2. The molecule has 0 bridgehead atoms. The fraction of sp³-hybridized carbons (Fsp3) is 0.538. The van der Waals surface area contributed by atoms with Gasteiger partial charge in [-0.05, 0) is 18.9 Å². The Balaban J connectivity index is 2.03. The molecule has 2 N–H and O–H groups in total. The summed E-state index contributed by atoms with van der Waals surface area (Å²) in [5, 5.41) is 11.8. The summed E-state index contributed by atoms with van der Waals surface area (Å²) in [4.78, 5) is 0. The van der Waals surface area contributed by atoms with Crippen LogP contribution in [-0.4, -0.2) is 30.9 Å². The highest BCUT2D eigenvalue weighted by atomic mass is 16.5. The number of ether oxygens (including phenoxy) is 1. The number of nitrogens with one attached hydrogen (secondary N) is 1. The first-order valence-corrected chi connectivity index (χ1v) is 5.79. The molecule has 0 aliphatic carbocycles. The van der Waals surface area contributed by atoms with E-state index in [9.17, 15) is 0 Å². The van der Waals surface area contributed by atoms with Crippen LogP contribution < -0.4 is 5.32 Å². The Morgan fingerprint density at radius 3 is 2.75 bits per heavy atom. The van der Waals surface area contributed by atoms with Crippen molar-refractivity contribution < 1.29 is 9.84 Å². The Morgan fingerprint density at radius 1 is 1.31 bits per heavy atom. The lowest BCUT2D eigenvalue weighted by molar-refractivity contribution is 0.112. The molecule has 0 heterocycles. The van der Waals surface area contributed by atoms with Crippen LogP contribution in [0.15, 0.2) is 30.3 Å². The molecule has 0 spiro atoms. The summed E-state index contributed by atoms with van der Waals surface area (Å²) >= 11 is 0. The number of benzene rings is 1. The van der Waals surface area contributed by atoms with Gasteiger partial charge in [-0.15, -0.1) is 0 Å². The van der Waals surface area contributed by atoms with Crippen LogP contribution in [-0.2, 0) is 11.3 Å². The molecular weight excluding hydrogens is 202 g/mol. The molecule has 90 valence electrons. The van der Waals surface area contributed by atoms with Gasteiger partial charge in [-0.3, -0.25) is 0 Å². The van der Waals surface area contributed by atoms with Gasteiger partial charge in [0.1, 0.15) is 0 Å². The van der Waals surface area contributed by atoms with Crippen molar-refractivity contribution in [3.63, 3.8) is 0 Å². The van der Waals surface area contributed by atoms with Gasteiger partial charge in [0, 0.05) is 19.2 Å². The van der Waals surface area contributed by atoms with E-state index >= 15 is 0 Å². The summed E-state index contributed by atoms with van der Waals surface area (Å²) in [7, 11) is 0. The monoisotopic (exact) mass is 223 g/mol. The summed E-state index contributed by atoms with van der Waals surface area (Å²) in [6.45, 7) is 4.36. The summed E-state index contributed by atoms with van der Waals surface area (Å²) < 4.78 is 5.57. The van der Waals surface area contributed by atoms with E-state index < -0.39 is 0 Å². The highest BCUT2D eigenvalue weighted by Gasteiger charge is 2.00. The average Bonchev–Trinajstić information content (AvgIpc) is 2.33. The molecule has 0 fully saturated rings. The van der Waals surface area contributed by atoms with Crippen LogP contribution in [0.4, 0.5) is 0 Å². The van der Waals surface area contributed by atoms with E-state index in [1.165, 1.54) is 5.56 Å². The van der Waals surface area contributed by atoms with Gasteiger partial charge in [0.25, 0.3) is 0 Å². The first-order valence-electron chi connectivity index (χ1n) is 5.79. The molecule has 0 aliphatic rings. The Hall–Kier alpha value is -0.900. The van der Waals surface area contributed by atoms with E-state index in [4.69, 9.17) is 9.84 Å². The van der Waals surface area contributed by atoms with Crippen molar-refractivity contribution in [3.8, 4) is 0 Å². The SMILES string of the molecule is CC(CCOCc1ccccc1)NCCO. The van der Waals surface area contributed by atoms with Gasteiger partial charge in [-0.25, -0.2) is 0 Å². The van der Waals surface area contributed by atoms with E-state index in [-0.39, 0.29) is 6.61 Å². The second-order valence-electron chi connectivity index (χ2n) is 3.91. The van der Waals surface area contributed by atoms with Crippen molar-refractivity contribution in [3.05, 3.63) is 35.9 Å². The second kappa shape index (κ2) is 8.28. The normalized spacial score (nSPS) is 12.6. The maximum absolute atomic E-state index is 8.64. The zero-order valence-electron chi connectivity index (χ0n) is 9.86. The van der Waals surface area contributed by atoms with E-state index in [1.54, 1.807) is 0 Å². The molecule has 1 atom stereocenters. The van der Waals surface area contributed by atoms with Gasteiger partial charge in [0.15, 0.2) is 0 Å². The molecule has 16 heavy (non-hydrogen) atoms. The molecule has 0 radical (unpaired) electrons. The maximum atomic E-state index is 8.64. The predicted octanol–water partition coefficient (Wildman–Crippen LogP) is 1.56. The first kappa shape index (κ1) is 13.2. The fourth-order valence-electron chi connectivity index (χ4n) is 1.44. The van der Waals surface area contributed by atoms with Crippen molar-refractivity contribution in [1.82, 2.24) is 5.32 Å². The number of hydrogen-bond acceptors (Lipinski definition) is 3. The minimum absolute atomic E-state index is 0.190. The highest BCUT2D eigenvalue weighted by molar-refractivity contribution is 5.13. The van der Waals surface area contributed by atoms with E-state index in [2.05, 4.69) is 24.4 Å². The third-order valence-corrected chi connectivity index (χ3v) is 2.41. The first-order chi connectivity index (χ1) is 7.83. The van der Waals surface area contributed by atoms with Gasteiger partial charge in [0.05, 0.1) is 13.2 Å². The van der Waals surface area contributed by atoms with Crippen LogP contribution in [0, 0.1) is 0 Å². The van der Waals surface area contributed by atoms with Crippen molar-refractivity contribution >= 4 is 0 Å². The van der Waals surface area contributed by atoms with E-state index in [0.29, 0.717) is 19.2 Å². The highest BCUT2D eigenvalue weighted by Crippen LogP contribution is 2.01. The van der Waals surface area contributed by atoms with Gasteiger partial charge in [0.2, 0.25) is 0 Å². The van der Waals surface area contributed by atoms with Crippen molar-refractivity contribution in [1.29, 1.82) is 0 Å². The number of aliphatic hydroxyl groups is 1. The summed E-state index contributed by atoms with van der Waals surface area (Å²) in [6.07, 6.45) is 0.965. The van der Waals surface area contributed by atoms with Crippen LogP contribution >= 0.6 is 0 Å². The van der Waals surface area contributed by atoms with Crippen LogP contribution in [0.25, 0.3) is 0 Å². The number of aliphatic hydroxyl groups excluding tert-OH is 1. The third kappa shape index (κ3) is 5.85. The maximum Gasteiger partial charge on any atom is 0.0716 e. The van der Waals surface area contributed by atoms with Gasteiger partial charge in [-0.1, -0.05) is 30.3 Å². The lowest BCUT2D eigenvalue weighted by Crippen LogP contribution is -2.29. The van der Waals surface area contributed by atoms with Crippen LogP contribution in [0.2, 0.25) is 0 Å². The largest absolute Gasteiger partial charge is 0.395 e. The molecular formula is C13H21NO2. The molecule has 0 aliphatic heterocycles. The molecule has 0 aromatic heterocycles. The topological polar surface area (TPSA) is 41.5 Å². The van der Waals surface area contributed by atoms with Gasteiger partial charge >= 0.3 is 0 Å². The molecule has 0 amide bonds. The fourth-order valence-corrected chi connectivity index (χ4v) is 1.44. The Morgan fingerprint density at radius 2 is 2.06 bits per heavy atom. The summed E-state index contributed by atoms with van der Waals surface area (Å²) in [5.41, 5.74) is 1.21. The molecule has 0 saturated heterocycles. The molecule has 1 rings (SSSR count). The number of hydrogen-bond donors (Lipinski definition) is 2. The lowest BCUT2D eigenvalue weighted by Gasteiger charge is -2.12. The smallest absolute Gasteiger partial charge is 0.0716 e. The minimum Gasteiger partial charge on any atom is -0.395 e. The number of rotatable bonds is 8.